The molecule has 104 valence electrons. The molecule has 1 aromatic rings. The van der Waals surface area contributed by atoms with Gasteiger partial charge in [0.25, 0.3) is 0 Å². The lowest BCUT2D eigenvalue weighted by molar-refractivity contribution is -0.385. The van der Waals surface area contributed by atoms with E-state index < -0.39 is 4.92 Å². The molecule has 1 saturated heterocycles. The first-order chi connectivity index (χ1) is 8.91. The number of aryl methyl sites for hydroxylation is 1. The third kappa shape index (κ3) is 3.06. The Bertz CT molecular complexity index is 502. The molecule has 0 radical (unpaired) electrons. The number of aromatic nitrogens is 2. The number of nitrogens with two attached hydrogens (primary N) is 1. The van der Waals surface area contributed by atoms with Gasteiger partial charge in [-0.3, -0.25) is 10.1 Å². The molecule has 1 aromatic heterocycles. The average Bonchev–Trinajstić information content (AvgIpc) is 2.72. The Balaban J connectivity index is 2.21. The summed E-state index contributed by atoms with van der Waals surface area (Å²) in [6.45, 7) is 4.35. The number of nitrogen functional groups attached to an aromatic ring is 1. The zero-order valence-corrected chi connectivity index (χ0v) is 11.8. The zero-order valence-electron chi connectivity index (χ0n) is 11.0. The Kier molecular flexibility index (Phi) is 3.79. The van der Waals surface area contributed by atoms with Gasteiger partial charge in [-0.25, -0.2) is 4.98 Å². The van der Waals surface area contributed by atoms with E-state index >= 15 is 0 Å². The summed E-state index contributed by atoms with van der Waals surface area (Å²) in [4.78, 5) is 18.4. The van der Waals surface area contributed by atoms with Crippen molar-refractivity contribution >= 4 is 29.2 Å². The summed E-state index contributed by atoms with van der Waals surface area (Å²) < 4.78 is 0.0987. The lowest BCUT2D eigenvalue weighted by atomic mass is 10.1. The largest absolute Gasteiger partial charge is 0.368 e. The Morgan fingerprint density at radius 1 is 1.58 bits per heavy atom. The molecule has 0 spiro atoms. The fourth-order valence-corrected chi connectivity index (χ4v) is 3.42. The van der Waals surface area contributed by atoms with E-state index in [2.05, 4.69) is 22.2 Å². The quantitative estimate of drug-likeness (QED) is 0.642. The van der Waals surface area contributed by atoms with Gasteiger partial charge in [-0.2, -0.15) is 16.7 Å². The van der Waals surface area contributed by atoms with Crippen LogP contribution in [-0.2, 0) is 0 Å². The average molecular weight is 283 g/mol. The topological polar surface area (TPSA) is 107 Å². The highest BCUT2D eigenvalue weighted by atomic mass is 32.2. The van der Waals surface area contributed by atoms with Crippen LogP contribution in [0.15, 0.2) is 0 Å². The monoisotopic (exact) mass is 283 g/mol. The molecule has 0 aromatic carbocycles. The summed E-state index contributed by atoms with van der Waals surface area (Å²) in [5.41, 5.74) is 5.74. The number of anilines is 2. The maximum atomic E-state index is 11.1. The predicted molar refractivity (Wildman–Crippen MR) is 76.4 cm³/mol. The Morgan fingerprint density at radius 2 is 2.32 bits per heavy atom. The number of nitro groups is 1. The molecule has 1 fully saturated rings. The summed E-state index contributed by atoms with van der Waals surface area (Å²) >= 11 is 1.88. The lowest BCUT2D eigenvalue weighted by Gasteiger charge is -2.23. The van der Waals surface area contributed by atoms with Crippen LogP contribution in [0.25, 0.3) is 0 Å². The van der Waals surface area contributed by atoms with Crippen LogP contribution in [0, 0.1) is 17.0 Å². The second-order valence-electron chi connectivity index (χ2n) is 4.88. The van der Waals surface area contributed by atoms with Gasteiger partial charge < -0.3 is 11.1 Å². The highest BCUT2D eigenvalue weighted by Gasteiger charge is 2.31. The molecule has 2 heterocycles. The minimum Gasteiger partial charge on any atom is -0.368 e. The fraction of sp³-hybridized carbons (Fsp3) is 0.636. The van der Waals surface area contributed by atoms with Crippen LogP contribution in [0.5, 0.6) is 0 Å². The zero-order chi connectivity index (χ0) is 14.0. The molecule has 0 aliphatic carbocycles. The van der Waals surface area contributed by atoms with E-state index in [4.69, 9.17) is 5.73 Å². The van der Waals surface area contributed by atoms with Crippen molar-refractivity contribution in [2.75, 3.05) is 23.3 Å². The first-order valence-corrected chi connectivity index (χ1v) is 7.06. The maximum absolute atomic E-state index is 11.1. The van der Waals surface area contributed by atoms with E-state index in [0.29, 0.717) is 6.54 Å². The highest BCUT2D eigenvalue weighted by Crippen LogP contribution is 2.38. The van der Waals surface area contributed by atoms with Gasteiger partial charge in [0.2, 0.25) is 11.8 Å². The molecule has 0 bridgehead atoms. The molecule has 1 unspecified atom stereocenters. The molecular weight excluding hydrogens is 266 g/mol. The van der Waals surface area contributed by atoms with Crippen LogP contribution in [0.4, 0.5) is 17.5 Å². The van der Waals surface area contributed by atoms with E-state index in [1.807, 2.05) is 11.8 Å². The molecule has 2 rings (SSSR count). The second-order valence-corrected chi connectivity index (χ2v) is 6.56. The molecule has 0 saturated carbocycles. The lowest BCUT2D eigenvalue weighted by Crippen LogP contribution is -2.28. The van der Waals surface area contributed by atoms with Crippen molar-refractivity contribution in [2.24, 2.45) is 0 Å². The first-order valence-electron chi connectivity index (χ1n) is 6.08. The normalized spacial score (nSPS) is 22.4. The highest BCUT2D eigenvalue weighted by molar-refractivity contribution is 8.00. The van der Waals surface area contributed by atoms with Gasteiger partial charge in [0.15, 0.2) is 0 Å². The van der Waals surface area contributed by atoms with Crippen LogP contribution in [0.3, 0.4) is 0 Å². The van der Waals surface area contributed by atoms with E-state index in [1.165, 1.54) is 6.42 Å². The summed E-state index contributed by atoms with van der Waals surface area (Å²) in [5.74, 6) is 1.39. The van der Waals surface area contributed by atoms with E-state index in [0.717, 1.165) is 12.2 Å². The molecule has 1 atom stereocenters. The van der Waals surface area contributed by atoms with E-state index in [-0.39, 0.29) is 27.9 Å². The summed E-state index contributed by atoms with van der Waals surface area (Å²) in [5, 5.41) is 14.1. The third-order valence-electron chi connectivity index (χ3n) is 3.19. The maximum Gasteiger partial charge on any atom is 0.332 e. The van der Waals surface area contributed by atoms with Crippen molar-refractivity contribution in [3.63, 3.8) is 0 Å². The number of nitrogens with one attached hydrogen (secondary N) is 1. The number of hydrogen-bond donors (Lipinski definition) is 2. The first kappa shape index (κ1) is 13.9. The Hall–Kier alpha value is -1.57. The third-order valence-corrected chi connectivity index (χ3v) is 4.73. The Labute approximate surface area is 115 Å². The number of nitrogens with zero attached hydrogens (tertiary/aromatic N) is 3. The van der Waals surface area contributed by atoms with Gasteiger partial charge in [0.1, 0.15) is 5.69 Å². The summed E-state index contributed by atoms with van der Waals surface area (Å²) in [6.07, 6.45) is 2.27. The van der Waals surface area contributed by atoms with Crippen LogP contribution in [0.1, 0.15) is 25.5 Å². The molecular formula is C11H17N5O2S. The van der Waals surface area contributed by atoms with Crippen LogP contribution < -0.4 is 11.1 Å². The van der Waals surface area contributed by atoms with E-state index in [9.17, 15) is 10.1 Å². The predicted octanol–water partition coefficient (Wildman–Crippen LogP) is 1.97. The number of thioether (sulfide) groups is 1. The van der Waals surface area contributed by atoms with Crippen LogP contribution in [-0.4, -0.2) is 31.9 Å². The molecule has 7 nitrogen and oxygen atoms in total. The van der Waals surface area contributed by atoms with Gasteiger partial charge in [-0.05, 0) is 32.4 Å². The second kappa shape index (κ2) is 5.20. The molecule has 3 N–H and O–H groups in total. The Morgan fingerprint density at radius 3 is 2.89 bits per heavy atom. The van der Waals surface area contributed by atoms with Crippen LogP contribution in [0.2, 0.25) is 0 Å². The standard InChI is InChI=1S/C11H17N5O2S/c1-7-8(16(17)18)9(15-10(12)14-7)13-6-11(2)4-3-5-19-11/h3-6H2,1-2H3,(H3,12,13,14,15). The fourth-order valence-electron chi connectivity index (χ4n) is 2.18. The van der Waals surface area contributed by atoms with Crippen molar-refractivity contribution in [2.45, 2.75) is 31.4 Å². The molecule has 0 amide bonds. The molecule has 1 aliphatic rings. The van der Waals surface area contributed by atoms with Crippen molar-refractivity contribution in [3.8, 4) is 0 Å². The van der Waals surface area contributed by atoms with E-state index in [1.54, 1.807) is 6.92 Å². The van der Waals surface area contributed by atoms with Gasteiger partial charge in [-0.15, -0.1) is 0 Å². The summed E-state index contributed by atoms with van der Waals surface area (Å²) in [7, 11) is 0. The van der Waals surface area contributed by atoms with Crippen molar-refractivity contribution in [1.29, 1.82) is 0 Å². The molecule has 1 aliphatic heterocycles. The SMILES string of the molecule is Cc1nc(N)nc(NCC2(C)CCCS2)c1[N+](=O)[O-]. The minimum absolute atomic E-state index is 0.0508. The van der Waals surface area contributed by atoms with Crippen molar-refractivity contribution < 1.29 is 4.92 Å². The number of hydrogen-bond acceptors (Lipinski definition) is 7. The van der Waals surface area contributed by atoms with Gasteiger partial charge in [0, 0.05) is 11.3 Å². The van der Waals surface area contributed by atoms with Gasteiger partial charge in [0.05, 0.1) is 4.92 Å². The summed E-state index contributed by atoms with van der Waals surface area (Å²) in [6, 6.07) is 0. The minimum atomic E-state index is -0.471. The van der Waals surface area contributed by atoms with Crippen molar-refractivity contribution in [3.05, 3.63) is 15.8 Å². The molecule has 8 heteroatoms. The van der Waals surface area contributed by atoms with Crippen LogP contribution >= 0.6 is 11.8 Å². The number of rotatable bonds is 4. The smallest absolute Gasteiger partial charge is 0.332 e. The molecule has 19 heavy (non-hydrogen) atoms. The van der Waals surface area contributed by atoms with Gasteiger partial charge in [-0.1, -0.05) is 0 Å². The van der Waals surface area contributed by atoms with Gasteiger partial charge >= 0.3 is 5.69 Å². The van der Waals surface area contributed by atoms with Crippen molar-refractivity contribution in [1.82, 2.24) is 9.97 Å².